The van der Waals surface area contributed by atoms with Gasteiger partial charge in [0.2, 0.25) is 5.88 Å². The summed E-state index contributed by atoms with van der Waals surface area (Å²) in [5.74, 6) is 6.45. The van der Waals surface area contributed by atoms with Crippen LogP contribution in [-0.2, 0) is 4.74 Å². The van der Waals surface area contributed by atoms with E-state index in [4.69, 9.17) is 15.3 Å². The molecular weight excluding hydrogens is 488 g/mol. The summed E-state index contributed by atoms with van der Waals surface area (Å²) in [6, 6.07) is 5.76. The maximum Gasteiger partial charge on any atom is 0.410 e. The predicted molar refractivity (Wildman–Crippen MR) is 127 cm³/mol. The van der Waals surface area contributed by atoms with Crippen molar-refractivity contribution in [3.63, 3.8) is 0 Å². The van der Waals surface area contributed by atoms with E-state index in [-0.39, 0.29) is 17.6 Å². The summed E-state index contributed by atoms with van der Waals surface area (Å²) in [7, 11) is 0. The van der Waals surface area contributed by atoms with Crippen LogP contribution in [0.4, 0.5) is 4.79 Å². The van der Waals surface area contributed by atoms with Crippen LogP contribution in [0.25, 0.3) is 22.3 Å². The molecule has 1 saturated heterocycles. The minimum absolute atomic E-state index is 0.0899. The van der Waals surface area contributed by atoms with Gasteiger partial charge in [-0.25, -0.2) is 9.78 Å². The molecule has 9 nitrogen and oxygen atoms in total. The molecule has 5 rings (SSSR count). The van der Waals surface area contributed by atoms with Crippen LogP contribution < -0.4 is 10.6 Å². The molecule has 2 N–H and O–H groups in total. The van der Waals surface area contributed by atoms with Crippen LogP contribution in [0.5, 0.6) is 5.88 Å². The third-order valence-corrected chi connectivity index (χ3v) is 6.77. The highest BCUT2D eigenvalue weighted by atomic mass is 79.9. The van der Waals surface area contributed by atoms with Gasteiger partial charge in [0.05, 0.1) is 24.5 Å². The van der Waals surface area contributed by atoms with E-state index in [0.717, 1.165) is 34.6 Å². The van der Waals surface area contributed by atoms with Crippen molar-refractivity contribution in [3.8, 4) is 17.3 Å². The van der Waals surface area contributed by atoms with E-state index in [1.54, 1.807) is 17.3 Å². The molecule has 2 aromatic heterocycles. The number of fused-ring (bicyclic) bond motifs is 1. The number of amides is 1. The maximum atomic E-state index is 12.6. The zero-order chi connectivity index (χ0) is 23.4. The molecule has 1 saturated carbocycles. The van der Waals surface area contributed by atoms with Gasteiger partial charge in [0.25, 0.3) is 0 Å². The summed E-state index contributed by atoms with van der Waals surface area (Å²) in [4.78, 5) is 24.7. The number of carbonyl (C=O) groups excluding carboxylic acids is 1. The molecule has 1 spiro atoms. The Hall–Kier alpha value is -2.88. The minimum atomic E-state index is -0.536. The number of nitrogens with zero attached hydrogens (tertiary/aromatic N) is 5. The first-order chi connectivity index (χ1) is 15.6. The smallest absolute Gasteiger partial charge is 0.410 e. The second-order valence-electron chi connectivity index (χ2n) is 9.84. The molecule has 10 heteroatoms. The van der Waals surface area contributed by atoms with Crippen LogP contribution in [0.3, 0.4) is 0 Å². The van der Waals surface area contributed by atoms with Crippen molar-refractivity contribution in [1.29, 1.82) is 0 Å². The lowest BCUT2D eigenvalue weighted by atomic mass is 9.90. The average molecular weight is 515 g/mol. The molecule has 2 fully saturated rings. The summed E-state index contributed by atoms with van der Waals surface area (Å²) < 4.78 is 12.8. The van der Waals surface area contributed by atoms with Crippen molar-refractivity contribution >= 4 is 32.9 Å². The molecule has 1 aliphatic heterocycles. The number of likely N-dealkylation sites (tertiary alicyclic amines) is 1. The Morgan fingerprint density at radius 3 is 2.76 bits per heavy atom. The van der Waals surface area contributed by atoms with Gasteiger partial charge in [-0.15, -0.1) is 5.10 Å². The molecule has 0 bridgehead atoms. The van der Waals surface area contributed by atoms with Crippen molar-refractivity contribution in [1.82, 2.24) is 24.8 Å². The SMILES string of the molecule is CC(C)(C)OC(=O)N1CCC2(CC2)[C@@H](Oc2cncc(-c3nn(N)c4ccc(Br)cc34)n2)C1. The van der Waals surface area contributed by atoms with E-state index in [1.165, 1.54) is 4.79 Å². The van der Waals surface area contributed by atoms with Crippen molar-refractivity contribution in [2.75, 3.05) is 18.9 Å². The van der Waals surface area contributed by atoms with Gasteiger partial charge in [0.1, 0.15) is 23.1 Å². The molecule has 3 heterocycles. The molecule has 1 amide bonds. The summed E-state index contributed by atoms with van der Waals surface area (Å²) >= 11 is 3.50. The third-order valence-electron chi connectivity index (χ3n) is 6.28. The number of carbonyl (C=O) groups is 1. The Bertz CT molecular complexity index is 1220. The van der Waals surface area contributed by atoms with Gasteiger partial charge in [0.15, 0.2) is 0 Å². The van der Waals surface area contributed by atoms with Crippen molar-refractivity contribution in [3.05, 3.63) is 35.1 Å². The number of halogens is 1. The highest BCUT2D eigenvalue weighted by Gasteiger charge is 2.54. The fraction of sp³-hybridized carbons (Fsp3) is 0.478. The van der Waals surface area contributed by atoms with Gasteiger partial charge in [-0.3, -0.25) is 4.98 Å². The molecule has 0 unspecified atom stereocenters. The van der Waals surface area contributed by atoms with E-state index in [1.807, 2.05) is 39.0 Å². The normalized spacial score (nSPS) is 19.6. The maximum absolute atomic E-state index is 12.6. The van der Waals surface area contributed by atoms with Gasteiger partial charge in [0, 0.05) is 21.8 Å². The molecule has 3 aromatic rings. The zero-order valence-electron chi connectivity index (χ0n) is 18.9. The molecule has 1 aromatic carbocycles. The molecule has 1 atom stereocenters. The highest BCUT2D eigenvalue weighted by Crippen LogP contribution is 2.54. The molecule has 2 aliphatic rings. The summed E-state index contributed by atoms with van der Waals surface area (Å²) in [5.41, 5.74) is 1.55. The summed E-state index contributed by atoms with van der Waals surface area (Å²) in [6.45, 7) is 6.76. The molecule has 1 aliphatic carbocycles. The van der Waals surface area contributed by atoms with Gasteiger partial charge in [-0.1, -0.05) is 15.9 Å². The number of rotatable bonds is 3. The van der Waals surface area contributed by atoms with E-state index in [0.29, 0.717) is 30.4 Å². The number of ether oxygens (including phenoxy) is 2. The lowest BCUT2D eigenvalue weighted by Gasteiger charge is -2.39. The predicted octanol–water partition coefficient (Wildman–Crippen LogP) is 4.14. The first-order valence-corrected chi connectivity index (χ1v) is 11.8. The van der Waals surface area contributed by atoms with Crippen LogP contribution in [0, 0.1) is 5.41 Å². The summed E-state index contributed by atoms with van der Waals surface area (Å²) in [5, 5.41) is 5.31. The van der Waals surface area contributed by atoms with Crippen LogP contribution in [0.1, 0.15) is 40.0 Å². The molecular formula is C23H27BrN6O3. The van der Waals surface area contributed by atoms with Crippen LogP contribution in [0.2, 0.25) is 0 Å². The van der Waals surface area contributed by atoms with Gasteiger partial charge in [-0.05, 0) is 58.2 Å². The fourth-order valence-electron chi connectivity index (χ4n) is 4.36. The second-order valence-corrected chi connectivity index (χ2v) is 10.8. The van der Waals surface area contributed by atoms with Crippen molar-refractivity contribution in [2.24, 2.45) is 5.41 Å². The number of aromatic nitrogens is 4. The number of benzene rings is 1. The van der Waals surface area contributed by atoms with Gasteiger partial charge < -0.3 is 20.2 Å². The number of hydrogen-bond donors (Lipinski definition) is 1. The lowest BCUT2D eigenvalue weighted by Crippen LogP contribution is -2.51. The largest absolute Gasteiger partial charge is 0.471 e. The highest BCUT2D eigenvalue weighted by molar-refractivity contribution is 9.10. The summed E-state index contributed by atoms with van der Waals surface area (Å²) in [6.07, 6.45) is 5.84. The second kappa shape index (κ2) is 7.86. The Morgan fingerprint density at radius 2 is 2.03 bits per heavy atom. The van der Waals surface area contributed by atoms with E-state index < -0.39 is 5.60 Å². The lowest BCUT2D eigenvalue weighted by molar-refractivity contribution is -0.0120. The quantitative estimate of drug-likeness (QED) is 0.523. The van der Waals surface area contributed by atoms with Crippen LogP contribution >= 0.6 is 15.9 Å². The number of nitrogens with two attached hydrogens (primary N) is 1. The number of nitrogen functional groups attached to an aromatic ring is 1. The van der Waals surface area contributed by atoms with E-state index >= 15 is 0 Å². The molecule has 174 valence electrons. The monoisotopic (exact) mass is 514 g/mol. The van der Waals surface area contributed by atoms with Crippen molar-refractivity contribution in [2.45, 2.75) is 51.7 Å². The van der Waals surface area contributed by atoms with Crippen molar-refractivity contribution < 1.29 is 14.3 Å². The Balaban J connectivity index is 1.39. The first kappa shape index (κ1) is 21.9. The van der Waals surface area contributed by atoms with Crippen LogP contribution in [0.15, 0.2) is 35.1 Å². The fourth-order valence-corrected chi connectivity index (χ4v) is 4.72. The Morgan fingerprint density at radius 1 is 1.24 bits per heavy atom. The minimum Gasteiger partial charge on any atom is -0.471 e. The van der Waals surface area contributed by atoms with Crippen LogP contribution in [-0.4, -0.2) is 55.6 Å². The zero-order valence-corrected chi connectivity index (χ0v) is 20.5. The Labute approximate surface area is 200 Å². The standard InChI is InChI=1S/C23H27BrN6O3/c1-22(2,3)33-21(31)29-9-8-23(6-7-23)18(13-29)32-19-12-26-11-16(27-19)20-15-10-14(24)4-5-17(15)30(25)28-20/h4-5,10-12,18H,6-9,13,25H2,1-3H3/t18-/m0/s1. The number of piperidine rings is 1. The third kappa shape index (κ3) is 4.36. The number of hydrogen-bond acceptors (Lipinski definition) is 7. The molecule has 0 radical (unpaired) electrons. The first-order valence-electron chi connectivity index (χ1n) is 11.0. The van der Waals surface area contributed by atoms with E-state index in [9.17, 15) is 4.79 Å². The van der Waals surface area contributed by atoms with Gasteiger partial charge >= 0.3 is 6.09 Å². The topological polar surface area (TPSA) is 108 Å². The Kier molecular flexibility index (Phi) is 5.23. The molecule has 33 heavy (non-hydrogen) atoms. The van der Waals surface area contributed by atoms with Gasteiger partial charge in [-0.2, -0.15) is 4.79 Å². The average Bonchev–Trinajstić information content (AvgIpc) is 3.45. The van der Waals surface area contributed by atoms with E-state index in [2.05, 4.69) is 31.0 Å².